The first-order chi connectivity index (χ1) is 18.1. The van der Waals surface area contributed by atoms with Crippen molar-refractivity contribution in [3.05, 3.63) is 132 Å². The SMILES string of the molecule is COCc1ccccc1-c1c(-c2ccc(C)cc2)c(-c2ccc(C)cc2)cc2cc3ccccc3cc12. The first-order valence-corrected chi connectivity index (χ1v) is 12.8. The van der Waals surface area contributed by atoms with Gasteiger partial charge in [-0.25, -0.2) is 0 Å². The summed E-state index contributed by atoms with van der Waals surface area (Å²) in [6, 6.07) is 42.2. The summed E-state index contributed by atoms with van der Waals surface area (Å²) in [5, 5.41) is 5.00. The Morgan fingerprint density at radius 2 is 1.11 bits per heavy atom. The Morgan fingerprint density at radius 3 is 1.78 bits per heavy atom. The molecule has 180 valence electrons. The van der Waals surface area contributed by atoms with Crippen LogP contribution in [0.2, 0.25) is 0 Å². The highest BCUT2D eigenvalue weighted by atomic mass is 16.5. The van der Waals surface area contributed by atoms with Gasteiger partial charge in [0.2, 0.25) is 0 Å². The van der Waals surface area contributed by atoms with E-state index in [9.17, 15) is 0 Å². The summed E-state index contributed by atoms with van der Waals surface area (Å²) in [7, 11) is 1.77. The molecule has 1 nitrogen and oxygen atoms in total. The molecule has 0 aromatic heterocycles. The van der Waals surface area contributed by atoms with E-state index in [4.69, 9.17) is 4.74 Å². The van der Waals surface area contributed by atoms with E-state index in [1.54, 1.807) is 7.11 Å². The average Bonchev–Trinajstić information content (AvgIpc) is 2.92. The molecular formula is C36H30O. The predicted molar refractivity (Wildman–Crippen MR) is 158 cm³/mol. The largest absolute Gasteiger partial charge is 0.380 e. The lowest BCUT2D eigenvalue weighted by Crippen LogP contribution is -1.97. The van der Waals surface area contributed by atoms with Gasteiger partial charge in [0.1, 0.15) is 0 Å². The Kier molecular flexibility index (Phi) is 6.08. The standard InChI is InChI=1S/C36H30O/c1-24-12-16-26(17-13-24)33-22-31-20-28-8-4-5-9-29(28)21-34(31)36(32-11-7-6-10-30(32)23-37-3)35(33)27-18-14-25(2)15-19-27/h4-22H,23H2,1-3H3. The Hall–Kier alpha value is -4.20. The summed E-state index contributed by atoms with van der Waals surface area (Å²) in [5.74, 6) is 0. The molecule has 0 unspecified atom stereocenters. The minimum atomic E-state index is 0.563. The molecule has 0 aliphatic rings. The van der Waals surface area contributed by atoms with Gasteiger partial charge in [0.15, 0.2) is 0 Å². The lowest BCUT2D eigenvalue weighted by atomic mass is 9.82. The predicted octanol–water partition coefficient (Wildman–Crippen LogP) is 9.76. The molecule has 6 aromatic carbocycles. The van der Waals surface area contributed by atoms with Gasteiger partial charge in [-0.1, -0.05) is 108 Å². The molecule has 0 spiro atoms. The fraction of sp³-hybridized carbons (Fsp3) is 0.111. The number of hydrogen-bond donors (Lipinski definition) is 0. The third-order valence-corrected chi connectivity index (χ3v) is 7.30. The minimum Gasteiger partial charge on any atom is -0.380 e. The minimum absolute atomic E-state index is 0.563. The Balaban J connectivity index is 1.82. The van der Waals surface area contributed by atoms with E-state index in [2.05, 4.69) is 129 Å². The van der Waals surface area contributed by atoms with Crippen molar-refractivity contribution in [3.63, 3.8) is 0 Å². The smallest absolute Gasteiger partial charge is 0.0719 e. The summed E-state index contributed by atoms with van der Waals surface area (Å²) >= 11 is 0. The fourth-order valence-electron chi connectivity index (χ4n) is 5.40. The zero-order valence-corrected chi connectivity index (χ0v) is 21.6. The van der Waals surface area contributed by atoms with Crippen molar-refractivity contribution < 1.29 is 4.74 Å². The molecule has 6 aromatic rings. The second kappa shape index (κ2) is 9.69. The van der Waals surface area contributed by atoms with E-state index in [0.717, 1.165) is 0 Å². The molecule has 0 amide bonds. The molecule has 0 saturated heterocycles. The van der Waals surface area contributed by atoms with Crippen molar-refractivity contribution >= 4 is 21.5 Å². The lowest BCUT2D eigenvalue weighted by molar-refractivity contribution is 0.185. The maximum atomic E-state index is 5.66. The maximum Gasteiger partial charge on any atom is 0.0719 e. The Morgan fingerprint density at radius 1 is 0.514 bits per heavy atom. The second-order valence-electron chi connectivity index (χ2n) is 9.92. The van der Waals surface area contributed by atoms with Crippen LogP contribution in [0.5, 0.6) is 0 Å². The summed E-state index contributed by atoms with van der Waals surface area (Å²) < 4.78 is 5.66. The molecule has 0 aliphatic carbocycles. The summed E-state index contributed by atoms with van der Waals surface area (Å²) in [5.41, 5.74) is 11.1. The van der Waals surface area contributed by atoms with E-state index in [-0.39, 0.29) is 0 Å². The fourth-order valence-corrected chi connectivity index (χ4v) is 5.40. The summed E-state index contributed by atoms with van der Waals surface area (Å²) in [4.78, 5) is 0. The normalized spacial score (nSPS) is 11.3. The van der Waals surface area contributed by atoms with Crippen LogP contribution >= 0.6 is 0 Å². The topological polar surface area (TPSA) is 9.23 Å². The molecule has 0 radical (unpaired) electrons. The van der Waals surface area contributed by atoms with Gasteiger partial charge in [0.05, 0.1) is 6.61 Å². The van der Waals surface area contributed by atoms with E-state index >= 15 is 0 Å². The van der Waals surface area contributed by atoms with E-state index in [0.29, 0.717) is 6.61 Å². The van der Waals surface area contributed by atoms with Crippen LogP contribution in [0.1, 0.15) is 16.7 Å². The van der Waals surface area contributed by atoms with Gasteiger partial charge in [0, 0.05) is 7.11 Å². The molecule has 0 atom stereocenters. The van der Waals surface area contributed by atoms with Crippen molar-refractivity contribution in [1.29, 1.82) is 0 Å². The summed E-state index contributed by atoms with van der Waals surface area (Å²) in [6.45, 7) is 4.85. The van der Waals surface area contributed by atoms with Crippen LogP contribution in [0.4, 0.5) is 0 Å². The molecule has 0 saturated carbocycles. The van der Waals surface area contributed by atoms with Crippen molar-refractivity contribution in [3.8, 4) is 33.4 Å². The molecule has 0 heterocycles. The molecule has 0 bridgehead atoms. The van der Waals surface area contributed by atoms with Crippen molar-refractivity contribution in [2.75, 3.05) is 7.11 Å². The molecular weight excluding hydrogens is 448 g/mol. The third-order valence-electron chi connectivity index (χ3n) is 7.30. The van der Waals surface area contributed by atoms with Gasteiger partial charge in [-0.2, -0.15) is 0 Å². The van der Waals surface area contributed by atoms with Crippen LogP contribution in [-0.2, 0) is 11.3 Å². The van der Waals surface area contributed by atoms with Crippen molar-refractivity contribution in [1.82, 2.24) is 0 Å². The third kappa shape index (κ3) is 4.33. The number of aryl methyl sites for hydroxylation is 2. The first-order valence-electron chi connectivity index (χ1n) is 12.8. The van der Waals surface area contributed by atoms with Crippen molar-refractivity contribution in [2.24, 2.45) is 0 Å². The van der Waals surface area contributed by atoms with Gasteiger partial charge in [-0.15, -0.1) is 0 Å². The van der Waals surface area contributed by atoms with Crippen molar-refractivity contribution in [2.45, 2.75) is 20.5 Å². The van der Waals surface area contributed by atoms with Crippen LogP contribution in [-0.4, -0.2) is 7.11 Å². The molecule has 0 fully saturated rings. The number of hydrogen-bond acceptors (Lipinski definition) is 1. The lowest BCUT2D eigenvalue weighted by Gasteiger charge is -2.22. The number of benzene rings is 6. The Bertz CT molecular complexity index is 1720. The van der Waals surface area contributed by atoms with Gasteiger partial charge in [-0.05, 0) is 92.5 Å². The maximum absolute atomic E-state index is 5.66. The number of rotatable bonds is 5. The quantitative estimate of drug-likeness (QED) is 0.224. The first kappa shape index (κ1) is 23.2. The highest BCUT2D eigenvalue weighted by Gasteiger charge is 2.20. The van der Waals surface area contributed by atoms with Crippen LogP contribution in [0.3, 0.4) is 0 Å². The monoisotopic (exact) mass is 478 g/mol. The second-order valence-corrected chi connectivity index (χ2v) is 9.92. The van der Waals surface area contributed by atoms with Crippen LogP contribution in [0, 0.1) is 13.8 Å². The number of methoxy groups -OCH3 is 1. The van der Waals surface area contributed by atoms with Crippen LogP contribution in [0.25, 0.3) is 54.9 Å². The molecule has 0 N–H and O–H groups in total. The number of fused-ring (bicyclic) bond motifs is 2. The van der Waals surface area contributed by atoms with Crippen LogP contribution in [0.15, 0.2) is 115 Å². The molecule has 1 heteroatoms. The van der Waals surface area contributed by atoms with Gasteiger partial charge in [-0.3, -0.25) is 0 Å². The summed E-state index contributed by atoms with van der Waals surface area (Å²) in [6.07, 6.45) is 0. The van der Waals surface area contributed by atoms with Crippen LogP contribution < -0.4 is 0 Å². The molecule has 37 heavy (non-hydrogen) atoms. The van der Waals surface area contributed by atoms with E-state index in [1.165, 1.54) is 71.6 Å². The highest BCUT2D eigenvalue weighted by molar-refractivity contribution is 6.13. The highest BCUT2D eigenvalue weighted by Crippen LogP contribution is 2.46. The van der Waals surface area contributed by atoms with Gasteiger partial charge in [0.25, 0.3) is 0 Å². The molecule has 0 aliphatic heterocycles. The van der Waals surface area contributed by atoms with E-state index in [1.807, 2.05) is 0 Å². The van der Waals surface area contributed by atoms with E-state index < -0.39 is 0 Å². The zero-order chi connectivity index (χ0) is 25.4. The Labute approximate surface area is 219 Å². The zero-order valence-electron chi connectivity index (χ0n) is 21.6. The van der Waals surface area contributed by atoms with Gasteiger partial charge >= 0.3 is 0 Å². The number of ether oxygens (including phenoxy) is 1. The molecule has 6 rings (SSSR count). The average molecular weight is 479 g/mol. The van der Waals surface area contributed by atoms with Gasteiger partial charge < -0.3 is 4.74 Å².